The number of esters is 1. The summed E-state index contributed by atoms with van der Waals surface area (Å²) in [7, 11) is 1.37. The first kappa shape index (κ1) is 18.4. The zero-order valence-electron chi connectivity index (χ0n) is 10.4. The van der Waals surface area contributed by atoms with Crippen LogP contribution in [0.15, 0.2) is 4.99 Å². The molecule has 0 saturated carbocycles. The maximum Gasteiger partial charge on any atom is 0.310 e. The molecule has 1 unspecified atom stereocenters. The Morgan fingerprint density at radius 2 is 2.18 bits per heavy atom. The van der Waals surface area contributed by atoms with Crippen molar-refractivity contribution in [2.45, 2.75) is 13.8 Å². The number of carbonyl (C=O) groups is 1. The summed E-state index contributed by atoms with van der Waals surface area (Å²) in [5.41, 5.74) is 0. The first-order valence-electron chi connectivity index (χ1n) is 5.19. The van der Waals surface area contributed by atoms with Crippen LogP contribution in [0.3, 0.4) is 0 Å². The summed E-state index contributed by atoms with van der Waals surface area (Å²) in [6.45, 7) is 5.23. The van der Waals surface area contributed by atoms with Crippen molar-refractivity contribution >= 4 is 35.9 Å². The highest BCUT2D eigenvalue weighted by Gasteiger charge is 2.12. The van der Waals surface area contributed by atoms with Gasteiger partial charge in [-0.1, -0.05) is 12.8 Å². The van der Waals surface area contributed by atoms with Crippen molar-refractivity contribution in [1.82, 2.24) is 10.6 Å². The molecule has 1 atom stereocenters. The molecule has 0 heterocycles. The number of hydrogen-bond donors (Lipinski definition) is 2. The van der Waals surface area contributed by atoms with Gasteiger partial charge in [-0.05, 0) is 6.92 Å². The molecule has 0 radical (unpaired) electrons. The van der Waals surface area contributed by atoms with Gasteiger partial charge >= 0.3 is 5.97 Å². The number of methoxy groups -OCH3 is 1. The third-order valence-corrected chi connectivity index (χ3v) is 1.83. The van der Waals surface area contributed by atoms with Gasteiger partial charge in [0.1, 0.15) is 0 Å². The predicted octanol–water partition coefficient (Wildman–Crippen LogP) is 0.602. The lowest BCUT2D eigenvalue weighted by Gasteiger charge is -2.10. The minimum atomic E-state index is -0.267. The molecule has 0 aromatic rings. The van der Waals surface area contributed by atoms with Crippen molar-refractivity contribution in [1.29, 1.82) is 0 Å². The average molecular weight is 353 g/mol. The first-order valence-corrected chi connectivity index (χ1v) is 5.19. The van der Waals surface area contributed by atoms with E-state index in [9.17, 15) is 4.79 Å². The lowest BCUT2D eigenvalue weighted by molar-refractivity contribution is -0.144. The monoisotopic (exact) mass is 353 g/mol. The second kappa shape index (κ2) is 11.5. The van der Waals surface area contributed by atoms with Gasteiger partial charge in [0.15, 0.2) is 5.96 Å². The van der Waals surface area contributed by atoms with Crippen molar-refractivity contribution in [2.24, 2.45) is 10.9 Å². The predicted molar refractivity (Wildman–Crippen MR) is 79.4 cm³/mol. The molecule has 0 aliphatic heterocycles. The topological polar surface area (TPSA) is 62.7 Å². The molecule has 0 aromatic carbocycles. The Morgan fingerprint density at radius 1 is 1.53 bits per heavy atom. The maximum absolute atomic E-state index is 11.1. The number of nitrogens with zero attached hydrogens (tertiary/aromatic N) is 1. The molecule has 0 rings (SSSR count). The van der Waals surface area contributed by atoms with Crippen LogP contribution in [0.25, 0.3) is 0 Å². The fourth-order valence-corrected chi connectivity index (χ4v) is 0.980. The quantitative estimate of drug-likeness (QED) is 0.250. The number of hydrogen-bond acceptors (Lipinski definition) is 3. The van der Waals surface area contributed by atoms with Gasteiger partial charge in [0.05, 0.1) is 26.1 Å². The number of ether oxygens (including phenoxy) is 1. The Balaban J connectivity index is 0. The minimum Gasteiger partial charge on any atom is -0.469 e. The van der Waals surface area contributed by atoms with Crippen LogP contribution in [0.2, 0.25) is 0 Å². The van der Waals surface area contributed by atoms with Gasteiger partial charge in [-0.3, -0.25) is 9.79 Å². The molecule has 6 heteroatoms. The van der Waals surface area contributed by atoms with Gasteiger partial charge in [-0.25, -0.2) is 0 Å². The van der Waals surface area contributed by atoms with Crippen molar-refractivity contribution in [3.05, 3.63) is 0 Å². The third-order valence-electron chi connectivity index (χ3n) is 1.83. The summed E-state index contributed by atoms with van der Waals surface area (Å²) in [4.78, 5) is 15.3. The largest absolute Gasteiger partial charge is 0.469 e. The Morgan fingerprint density at radius 3 is 2.65 bits per heavy atom. The molecule has 0 amide bonds. The summed E-state index contributed by atoms with van der Waals surface area (Å²) in [6.07, 6.45) is 5.13. The van der Waals surface area contributed by atoms with E-state index in [0.717, 1.165) is 6.54 Å². The van der Waals surface area contributed by atoms with E-state index in [-0.39, 0.29) is 35.9 Å². The Hall–Kier alpha value is -0.970. The average Bonchev–Trinajstić information content (AvgIpc) is 2.31. The number of carbonyl (C=O) groups excluding carboxylic acids is 1. The van der Waals surface area contributed by atoms with E-state index < -0.39 is 0 Å². The number of halogens is 1. The molecule has 0 saturated heterocycles. The second-order valence-electron chi connectivity index (χ2n) is 3.20. The van der Waals surface area contributed by atoms with E-state index in [0.29, 0.717) is 19.0 Å². The van der Waals surface area contributed by atoms with E-state index in [2.05, 4.69) is 26.3 Å². The van der Waals surface area contributed by atoms with Gasteiger partial charge in [0.2, 0.25) is 0 Å². The van der Waals surface area contributed by atoms with Crippen LogP contribution in [-0.2, 0) is 9.53 Å². The van der Waals surface area contributed by atoms with Gasteiger partial charge < -0.3 is 15.4 Å². The molecule has 0 aromatic heterocycles. The third kappa shape index (κ3) is 8.80. The molecule has 98 valence electrons. The summed E-state index contributed by atoms with van der Waals surface area (Å²) >= 11 is 0. The van der Waals surface area contributed by atoms with Crippen LogP contribution in [0.1, 0.15) is 13.8 Å². The van der Waals surface area contributed by atoms with Crippen molar-refractivity contribution in [3.8, 4) is 12.3 Å². The summed E-state index contributed by atoms with van der Waals surface area (Å²) in [5.74, 6) is 2.54. The number of rotatable bonds is 5. The normalized spacial score (nSPS) is 11.8. The van der Waals surface area contributed by atoms with E-state index in [1.54, 1.807) is 6.92 Å². The fraction of sp³-hybridized carbons (Fsp3) is 0.636. The lowest BCUT2D eigenvalue weighted by Crippen LogP contribution is -2.38. The number of aliphatic imine (C=N–C) groups is 1. The Bertz CT molecular complexity index is 287. The molecular weight excluding hydrogens is 333 g/mol. The SMILES string of the molecule is C#CCNC(=NCC(C)C(=O)OC)NCC.I. The van der Waals surface area contributed by atoms with Gasteiger partial charge in [-0.15, -0.1) is 30.4 Å². The number of nitrogens with one attached hydrogen (secondary N) is 2. The van der Waals surface area contributed by atoms with Gasteiger partial charge in [0.25, 0.3) is 0 Å². The lowest BCUT2D eigenvalue weighted by atomic mass is 10.2. The van der Waals surface area contributed by atoms with E-state index >= 15 is 0 Å². The van der Waals surface area contributed by atoms with E-state index in [1.807, 2.05) is 6.92 Å². The Labute approximate surface area is 120 Å². The smallest absolute Gasteiger partial charge is 0.310 e. The summed E-state index contributed by atoms with van der Waals surface area (Å²) in [5, 5.41) is 5.95. The molecule has 0 fully saturated rings. The highest BCUT2D eigenvalue weighted by atomic mass is 127. The van der Waals surface area contributed by atoms with E-state index in [4.69, 9.17) is 6.42 Å². The van der Waals surface area contributed by atoms with Crippen molar-refractivity contribution < 1.29 is 9.53 Å². The molecule has 0 aliphatic rings. The maximum atomic E-state index is 11.1. The highest BCUT2D eigenvalue weighted by Crippen LogP contribution is 1.97. The van der Waals surface area contributed by atoms with Crippen LogP contribution < -0.4 is 10.6 Å². The zero-order valence-corrected chi connectivity index (χ0v) is 12.8. The first-order chi connectivity index (χ1) is 7.65. The van der Waals surface area contributed by atoms with Crippen molar-refractivity contribution in [2.75, 3.05) is 26.7 Å². The molecule has 2 N–H and O–H groups in total. The summed E-state index contributed by atoms with van der Waals surface area (Å²) < 4.78 is 4.60. The van der Waals surface area contributed by atoms with Crippen LogP contribution in [0.5, 0.6) is 0 Å². The molecule has 5 nitrogen and oxygen atoms in total. The molecule has 0 spiro atoms. The standard InChI is InChI=1S/C11H19N3O2.HI/c1-5-7-13-11(12-6-2)14-8-9(3)10(15)16-4;/h1,9H,6-8H2,2-4H3,(H2,12,13,14);1H. The molecular formula is C11H20IN3O2. The molecule has 0 aliphatic carbocycles. The minimum absolute atomic E-state index is 0. The van der Waals surface area contributed by atoms with Crippen LogP contribution in [-0.4, -0.2) is 38.7 Å². The second-order valence-corrected chi connectivity index (χ2v) is 3.20. The van der Waals surface area contributed by atoms with Crippen LogP contribution in [0.4, 0.5) is 0 Å². The fourth-order valence-electron chi connectivity index (χ4n) is 0.980. The highest BCUT2D eigenvalue weighted by molar-refractivity contribution is 14.0. The number of terminal acetylenes is 1. The van der Waals surface area contributed by atoms with Crippen LogP contribution >= 0.6 is 24.0 Å². The van der Waals surface area contributed by atoms with Crippen LogP contribution in [0, 0.1) is 18.3 Å². The Kier molecular flexibility index (Phi) is 12.5. The van der Waals surface area contributed by atoms with Crippen molar-refractivity contribution in [3.63, 3.8) is 0 Å². The zero-order chi connectivity index (χ0) is 12.4. The number of guanidine groups is 1. The molecule has 17 heavy (non-hydrogen) atoms. The van der Waals surface area contributed by atoms with E-state index in [1.165, 1.54) is 7.11 Å². The molecule has 0 bridgehead atoms. The van der Waals surface area contributed by atoms with Gasteiger partial charge in [-0.2, -0.15) is 0 Å². The summed E-state index contributed by atoms with van der Waals surface area (Å²) in [6, 6.07) is 0. The van der Waals surface area contributed by atoms with Gasteiger partial charge in [0, 0.05) is 6.54 Å².